The minimum absolute atomic E-state index is 0.600. The van der Waals surface area contributed by atoms with E-state index in [-0.39, 0.29) is 0 Å². The number of benzene rings is 1. The van der Waals surface area contributed by atoms with Crippen molar-refractivity contribution in [2.24, 2.45) is 12.0 Å². The number of aromatic nitrogens is 6. The molecule has 0 aliphatic carbocycles. The van der Waals surface area contributed by atoms with Gasteiger partial charge < -0.3 is 5.32 Å². The van der Waals surface area contributed by atoms with Crippen LogP contribution in [0.5, 0.6) is 0 Å². The van der Waals surface area contributed by atoms with E-state index in [1.807, 2.05) is 50.6 Å². The largest absolute Gasteiger partial charge is 0.346 e. The molecular weight excluding hydrogens is 444 g/mol. The molecule has 0 unspecified atom stereocenters. The smallest absolute Gasteiger partial charge is 0.177 e. The van der Waals surface area contributed by atoms with E-state index >= 15 is 0 Å². The van der Waals surface area contributed by atoms with Gasteiger partial charge in [0.2, 0.25) is 0 Å². The Morgan fingerprint density at radius 2 is 2.10 bits per heavy atom. The molecule has 0 aliphatic rings. The summed E-state index contributed by atoms with van der Waals surface area (Å²) in [4.78, 5) is 4.35. The van der Waals surface area contributed by atoms with Crippen molar-refractivity contribution in [3.05, 3.63) is 76.4 Å². The number of aliphatic imine (C=N–C) groups is 1. The van der Waals surface area contributed by atoms with Crippen molar-refractivity contribution in [3.8, 4) is 11.3 Å². The molecule has 0 fully saturated rings. The number of nitrogens with one attached hydrogen (secondary N) is 1. The molecule has 0 bridgehead atoms. The van der Waals surface area contributed by atoms with Crippen molar-refractivity contribution in [1.29, 1.82) is 0 Å². The first kappa shape index (κ1) is 20.0. The maximum atomic E-state index is 4.73. The molecule has 9 heteroatoms. The van der Waals surface area contributed by atoms with Crippen molar-refractivity contribution >= 4 is 27.4 Å². The predicted molar refractivity (Wildman–Crippen MR) is 121 cm³/mol. The summed E-state index contributed by atoms with van der Waals surface area (Å²) in [6, 6.07) is 12.0. The molecule has 4 aromatic rings. The molecule has 0 saturated carbocycles. The number of fused-ring (bicyclic) bond motifs is 1. The fraction of sp³-hybridized carbons (Fsp3) is 0.190. The number of hydrogen-bond acceptors (Lipinski definition) is 5. The molecule has 4 rings (SSSR count). The van der Waals surface area contributed by atoms with Crippen molar-refractivity contribution < 1.29 is 0 Å². The van der Waals surface area contributed by atoms with E-state index in [0.29, 0.717) is 12.1 Å². The molecule has 1 aromatic carbocycles. The summed E-state index contributed by atoms with van der Waals surface area (Å²) in [5, 5.41) is 20.8. The molecule has 152 valence electrons. The zero-order valence-electron chi connectivity index (χ0n) is 16.9. The van der Waals surface area contributed by atoms with E-state index in [9.17, 15) is 0 Å². The highest BCUT2D eigenvalue weighted by molar-refractivity contribution is 9.11. The lowest BCUT2D eigenvalue weighted by atomic mass is 10.1. The normalized spacial score (nSPS) is 12.5. The number of halogens is 1. The SMILES string of the molecule is CN=C(N/C=C(\C)Br)c1cccc(Cc2nnc3ccc(-c4cnn(C)c4)nn23)c1. The lowest BCUT2D eigenvalue weighted by Gasteiger charge is -2.08. The van der Waals surface area contributed by atoms with Crippen molar-refractivity contribution in [2.45, 2.75) is 13.3 Å². The third-order valence-electron chi connectivity index (χ3n) is 4.52. The minimum atomic E-state index is 0.600. The van der Waals surface area contributed by atoms with Crippen LogP contribution in [0.1, 0.15) is 23.9 Å². The van der Waals surface area contributed by atoms with Gasteiger partial charge in [0.05, 0.1) is 11.9 Å². The highest BCUT2D eigenvalue weighted by Gasteiger charge is 2.11. The molecular formula is C21H21BrN8. The van der Waals surface area contributed by atoms with E-state index < -0.39 is 0 Å². The Balaban J connectivity index is 1.63. The molecule has 8 nitrogen and oxygen atoms in total. The van der Waals surface area contributed by atoms with Crippen LogP contribution in [0, 0.1) is 0 Å². The van der Waals surface area contributed by atoms with Gasteiger partial charge in [-0.1, -0.05) is 34.1 Å². The highest BCUT2D eigenvalue weighted by atomic mass is 79.9. The monoisotopic (exact) mass is 464 g/mol. The van der Waals surface area contributed by atoms with Crippen molar-refractivity contribution in [1.82, 2.24) is 34.9 Å². The van der Waals surface area contributed by atoms with Gasteiger partial charge in [-0.2, -0.15) is 14.7 Å². The fourth-order valence-corrected chi connectivity index (χ4v) is 3.22. The highest BCUT2D eigenvalue weighted by Crippen LogP contribution is 2.17. The second-order valence-electron chi connectivity index (χ2n) is 6.83. The first-order chi connectivity index (χ1) is 14.5. The fourth-order valence-electron chi connectivity index (χ4n) is 3.11. The topological polar surface area (TPSA) is 85.3 Å². The predicted octanol–water partition coefficient (Wildman–Crippen LogP) is 3.34. The summed E-state index contributed by atoms with van der Waals surface area (Å²) < 4.78 is 4.54. The van der Waals surface area contributed by atoms with Crippen LogP contribution < -0.4 is 5.32 Å². The molecule has 0 aliphatic heterocycles. The zero-order valence-corrected chi connectivity index (χ0v) is 18.5. The van der Waals surface area contributed by atoms with Crippen molar-refractivity contribution in [3.63, 3.8) is 0 Å². The van der Waals surface area contributed by atoms with Crippen LogP contribution in [-0.2, 0) is 13.5 Å². The van der Waals surface area contributed by atoms with Gasteiger partial charge in [-0.3, -0.25) is 9.67 Å². The van der Waals surface area contributed by atoms with Crippen LogP contribution in [0.25, 0.3) is 16.9 Å². The Bertz CT molecular complexity index is 1250. The Hall–Kier alpha value is -3.33. The van der Waals surface area contributed by atoms with Gasteiger partial charge in [-0.05, 0) is 30.7 Å². The average molecular weight is 465 g/mol. The Labute approximate surface area is 182 Å². The lowest BCUT2D eigenvalue weighted by Crippen LogP contribution is -2.19. The van der Waals surface area contributed by atoms with Gasteiger partial charge in [0.1, 0.15) is 5.84 Å². The summed E-state index contributed by atoms with van der Waals surface area (Å²) in [5.74, 6) is 1.56. The van der Waals surface area contributed by atoms with Gasteiger partial charge in [-0.15, -0.1) is 10.2 Å². The molecule has 0 saturated heterocycles. The average Bonchev–Trinajstić information content (AvgIpc) is 3.34. The van der Waals surface area contributed by atoms with Crippen LogP contribution in [-0.4, -0.2) is 42.5 Å². The van der Waals surface area contributed by atoms with Crippen molar-refractivity contribution in [2.75, 3.05) is 7.05 Å². The zero-order chi connectivity index (χ0) is 21.1. The number of aryl methyl sites for hydroxylation is 1. The molecule has 3 heterocycles. The van der Waals surface area contributed by atoms with E-state index in [1.165, 1.54) is 0 Å². The summed E-state index contributed by atoms with van der Waals surface area (Å²) in [5.41, 5.74) is 4.58. The standard InChI is InChI=1S/C21H21BrN8/c1-14(22)11-24-21(23-2)16-6-4-5-15(9-16)10-20-27-26-19-8-7-18(28-30(19)20)17-12-25-29(3)13-17/h4-9,11-13H,10H2,1-3H3,(H,23,24)/b14-11+. The number of amidine groups is 1. The minimum Gasteiger partial charge on any atom is -0.346 e. The molecule has 0 atom stereocenters. The van der Waals surface area contributed by atoms with Gasteiger partial charge in [-0.25, -0.2) is 0 Å². The third-order valence-corrected chi connectivity index (χ3v) is 4.75. The number of hydrogen-bond donors (Lipinski definition) is 1. The molecule has 0 amide bonds. The van der Waals surface area contributed by atoms with E-state index in [2.05, 4.69) is 53.7 Å². The molecule has 0 radical (unpaired) electrons. The maximum Gasteiger partial charge on any atom is 0.177 e. The van der Waals surface area contributed by atoms with Gasteiger partial charge in [0.15, 0.2) is 11.5 Å². The van der Waals surface area contributed by atoms with Gasteiger partial charge >= 0.3 is 0 Å². The number of rotatable bonds is 5. The molecule has 30 heavy (non-hydrogen) atoms. The van der Waals surface area contributed by atoms with E-state index in [1.54, 1.807) is 22.4 Å². The van der Waals surface area contributed by atoms with E-state index in [0.717, 1.165) is 38.5 Å². The molecule has 1 N–H and O–H groups in total. The van der Waals surface area contributed by atoms with Gasteiger partial charge in [0.25, 0.3) is 0 Å². The lowest BCUT2D eigenvalue weighted by molar-refractivity contribution is 0.768. The summed E-state index contributed by atoms with van der Waals surface area (Å²) in [6.07, 6.45) is 6.19. The second-order valence-corrected chi connectivity index (χ2v) is 8.08. The number of allylic oxidation sites excluding steroid dienone is 1. The van der Waals surface area contributed by atoms with Crippen LogP contribution in [0.3, 0.4) is 0 Å². The maximum absolute atomic E-state index is 4.73. The first-order valence-corrected chi connectivity index (χ1v) is 10.2. The van der Waals surface area contributed by atoms with Crippen LogP contribution >= 0.6 is 15.9 Å². The summed E-state index contributed by atoms with van der Waals surface area (Å²) in [7, 11) is 3.65. The van der Waals surface area contributed by atoms with Crippen LogP contribution in [0.2, 0.25) is 0 Å². The third kappa shape index (κ3) is 4.30. The Kier molecular flexibility index (Phi) is 5.71. The second kappa shape index (κ2) is 8.58. The quantitative estimate of drug-likeness (QED) is 0.361. The van der Waals surface area contributed by atoms with Gasteiger partial charge in [0, 0.05) is 48.5 Å². The Morgan fingerprint density at radius 3 is 2.83 bits per heavy atom. The van der Waals surface area contributed by atoms with Crippen LogP contribution in [0.4, 0.5) is 0 Å². The first-order valence-electron chi connectivity index (χ1n) is 9.39. The number of nitrogens with zero attached hydrogens (tertiary/aromatic N) is 7. The van der Waals surface area contributed by atoms with Crippen LogP contribution in [0.15, 0.2) is 64.5 Å². The summed E-state index contributed by atoms with van der Waals surface area (Å²) in [6.45, 7) is 1.96. The summed E-state index contributed by atoms with van der Waals surface area (Å²) >= 11 is 3.42. The Morgan fingerprint density at radius 1 is 1.23 bits per heavy atom. The van der Waals surface area contributed by atoms with E-state index in [4.69, 9.17) is 5.10 Å². The molecule has 3 aromatic heterocycles. The molecule has 0 spiro atoms.